The molecule has 0 bridgehead atoms. The number of hydrogen-bond acceptors (Lipinski definition) is 6. The Morgan fingerprint density at radius 3 is 1.91 bits per heavy atom. The number of carbonyl (C=O) groups excluding carboxylic acids is 1. The first-order valence-electron chi connectivity index (χ1n) is 11.4. The van der Waals surface area contributed by atoms with E-state index >= 15 is 0 Å². The van der Waals surface area contributed by atoms with Crippen molar-refractivity contribution in [2.45, 2.75) is 39.5 Å². The summed E-state index contributed by atoms with van der Waals surface area (Å²) in [5.41, 5.74) is 0.234. The second-order valence-corrected chi connectivity index (χ2v) is 9.40. The van der Waals surface area contributed by atoms with E-state index in [4.69, 9.17) is 18.9 Å². The molecule has 7 heteroatoms. The predicted octanol–water partition coefficient (Wildman–Crippen LogP) is 4.70. The molecule has 1 atom stereocenters. The summed E-state index contributed by atoms with van der Waals surface area (Å²) in [6.45, 7) is 8.42. The topological polar surface area (TPSA) is 81.1 Å². The molecular formula is C27H36N2O5. The van der Waals surface area contributed by atoms with E-state index < -0.39 is 10.8 Å². The first-order valence-corrected chi connectivity index (χ1v) is 11.4. The highest BCUT2D eigenvalue weighted by atomic mass is 16.5. The molecule has 0 spiro atoms. The highest BCUT2D eigenvalue weighted by molar-refractivity contribution is 6.13. The predicted molar refractivity (Wildman–Crippen MR) is 133 cm³/mol. The summed E-state index contributed by atoms with van der Waals surface area (Å²) in [7, 11) is 6.39. The van der Waals surface area contributed by atoms with Gasteiger partial charge in [-0.3, -0.25) is 15.1 Å². The van der Waals surface area contributed by atoms with Crippen molar-refractivity contribution in [1.29, 1.82) is 5.41 Å². The summed E-state index contributed by atoms with van der Waals surface area (Å²) in [6.07, 6.45) is 0.588. The van der Waals surface area contributed by atoms with Gasteiger partial charge in [0.2, 0.25) is 5.91 Å². The smallest absolute Gasteiger partial charge is 0.234 e. The van der Waals surface area contributed by atoms with Crippen molar-refractivity contribution in [2.24, 2.45) is 11.3 Å². The number of ether oxygens (including phenoxy) is 4. The zero-order valence-electron chi connectivity index (χ0n) is 21.4. The summed E-state index contributed by atoms with van der Waals surface area (Å²) in [6, 6.07) is 11.4. The van der Waals surface area contributed by atoms with Crippen LogP contribution in [0.5, 0.6) is 23.0 Å². The number of benzene rings is 2. The van der Waals surface area contributed by atoms with Gasteiger partial charge in [0, 0.05) is 6.54 Å². The fraction of sp³-hybridized carbons (Fsp3) is 0.481. The van der Waals surface area contributed by atoms with E-state index in [1.807, 2.05) is 50.2 Å². The molecule has 1 unspecified atom stereocenters. The Balaban J connectivity index is 2.01. The number of amidine groups is 1. The Kier molecular flexibility index (Phi) is 7.15. The third kappa shape index (κ3) is 3.77. The fourth-order valence-electron chi connectivity index (χ4n) is 5.51. The van der Waals surface area contributed by atoms with E-state index in [1.54, 1.807) is 33.3 Å². The Labute approximate surface area is 202 Å². The van der Waals surface area contributed by atoms with Gasteiger partial charge in [-0.1, -0.05) is 26.0 Å². The molecule has 0 aromatic heterocycles. The molecule has 0 aliphatic carbocycles. The van der Waals surface area contributed by atoms with Gasteiger partial charge in [-0.15, -0.1) is 0 Å². The van der Waals surface area contributed by atoms with E-state index in [1.165, 1.54) is 0 Å². The van der Waals surface area contributed by atoms with Gasteiger partial charge in [0.05, 0.1) is 39.3 Å². The summed E-state index contributed by atoms with van der Waals surface area (Å²) in [5, 5.41) is 9.29. The van der Waals surface area contributed by atoms with Gasteiger partial charge in [-0.05, 0) is 61.6 Å². The maximum atomic E-state index is 13.7. The zero-order valence-corrected chi connectivity index (χ0v) is 21.4. The van der Waals surface area contributed by atoms with Crippen molar-refractivity contribution in [3.8, 4) is 23.0 Å². The van der Waals surface area contributed by atoms with Crippen molar-refractivity contribution in [1.82, 2.24) is 4.90 Å². The van der Waals surface area contributed by atoms with E-state index in [2.05, 4.69) is 13.8 Å². The molecule has 1 heterocycles. The molecule has 0 radical (unpaired) electrons. The van der Waals surface area contributed by atoms with Crippen LogP contribution in [0.4, 0.5) is 0 Å². The third-order valence-corrected chi connectivity index (χ3v) is 7.19. The van der Waals surface area contributed by atoms with E-state index in [9.17, 15) is 10.2 Å². The number of likely N-dealkylation sites (tertiary alicyclic amines) is 1. The third-order valence-electron chi connectivity index (χ3n) is 7.19. The second-order valence-electron chi connectivity index (χ2n) is 9.40. The number of carbonyl (C=O) groups is 1. The lowest BCUT2D eigenvalue weighted by atomic mass is 9.57. The van der Waals surface area contributed by atoms with Crippen LogP contribution < -0.4 is 18.9 Å². The molecule has 3 rings (SSSR count). The van der Waals surface area contributed by atoms with Gasteiger partial charge in [0.1, 0.15) is 5.84 Å². The lowest BCUT2D eigenvalue weighted by molar-refractivity contribution is -0.135. The molecule has 1 aliphatic heterocycles. The molecule has 2 aromatic rings. The van der Waals surface area contributed by atoms with Crippen molar-refractivity contribution < 1.29 is 23.7 Å². The molecule has 1 fully saturated rings. The normalized spacial score (nSPS) is 19.5. The van der Waals surface area contributed by atoms with E-state index in [-0.39, 0.29) is 11.8 Å². The van der Waals surface area contributed by atoms with Crippen LogP contribution in [0.3, 0.4) is 0 Å². The van der Waals surface area contributed by atoms with Crippen LogP contribution in [-0.2, 0) is 16.6 Å². The lowest BCUT2D eigenvalue weighted by Gasteiger charge is -2.42. The molecular weight excluding hydrogens is 432 g/mol. The van der Waals surface area contributed by atoms with Crippen LogP contribution in [-0.4, -0.2) is 51.6 Å². The largest absolute Gasteiger partial charge is 0.493 e. The van der Waals surface area contributed by atoms with Crippen LogP contribution in [0.1, 0.15) is 38.8 Å². The molecule has 1 aliphatic rings. The minimum Gasteiger partial charge on any atom is -0.493 e. The summed E-state index contributed by atoms with van der Waals surface area (Å²) in [5.74, 6) is 2.74. The highest BCUT2D eigenvalue weighted by Gasteiger charge is 2.64. The Morgan fingerprint density at radius 1 is 0.853 bits per heavy atom. The summed E-state index contributed by atoms with van der Waals surface area (Å²) >= 11 is 0. The van der Waals surface area contributed by atoms with Crippen LogP contribution in [0.25, 0.3) is 0 Å². The van der Waals surface area contributed by atoms with Gasteiger partial charge in [-0.2, -0.15) is 0 Å². The Morgan fingerprint density at radius 2 is 1.38 bits per heavy atom. The van der Waals surface area contributed by atoms with E-state index in [0.717, 1.165) is 11.1 Å². The minimum absolute atomic E-state index is 0.0110. The average molecular weight is 469 g/mol. The number of methoxy groups -OCH3 is 4. The number of amides is 1. The molecule has 1 amide bonds. The summed E-state index contributed by atoms with van der Waals surface area (Å²) in [4.78, 5) is 15.4. The maximum Gasteiger partial charge on any atom is 0.234 e. The van der Waals surface area contributed by atoms with Gasteiger partial charge in [0.15, 0.2) is 23.0 Å². The number of nitrogens with zero attached hydrogens (tertiary/aromatic N) is 1. The van der Waals surface area contributed by atoms with E-state index in [0.29, 0.717) is 41.8 Å². The van der Waals surface area contributed by atoms with Crippen molar-refractivity contribution >= 4 is 11.7 Å². The SMILES string of the molecule is COc1ccc(CCN2C(=N)C(c3ccc(OC)c(OC)c3)(C(C)C)C(C)(C)C2=O)cc1OC. The summed E-state index contributed by atoms with van der Waals surface area (Å²) < 4.78 is 21.7. The maximum absolute atomic E-state index is 13.7. The fourth-order valence-corrected chi connectivity index (χ4v) is 5.51. The van der Waals surface area contributed by atoms with Crippen LogP contribution >= 0.6 is 0 Å². The molecule has 0 saturated carbocycles. The van der Waals surface area contributed by atoms with Crippen LogP contribution in [0.15, 0.2) is 36.4 Å². The first-order chi connectivity index (χ1) is 16.1. The minimum atomic E-state index is -0.824. The molecule has 184 valence electrons. The Bertz CT molecular complexity index is 1080. The average Bonchev–Trinajstić information content (AvgIpc) is 2.98. The quantitative estimate of drug-likeness (QED) is 0.577. The lowest BCUT2D eigenvalue weighted by Crippen LogP contribution is -2.49. The van der Waals surface area contributed by atoms with Crippen LogP contribution in [0, 0.1) is 16.7 Å². The number of rotatable bonds is 9. The standard InChI is InChI=1S/C27H36N2O5/c1-17(2)27(19-10-12-21(32-6)23(16-19)34-8)24(28)29(25(30)26(27,3)4)14-13-18-9-11-20(31-5)22(15-18)33-7/h9-12,15-17,28H,13-14H2,1-8H3. The monoisotopic (exact) mass is 468 g/mol. The van der Waals surface area contributed by atoms with Gasteiger partial charge in [0.25, 0.3) is 0 Å². The van der Waals surface area contributed by atoms with Crippen molar-refractivity contribution in [3.63, 3.8) is 0 Å². The zero-order chi connectivity index (χ0) is 25.3. The van der Waals surface area contributed by atoms with Crippen molar-refractivity contribution in [2.75, 3.05) is 35.0 Å². The number of hydrogen-bond donors (Lipinski definition) is 1. The van der Waals surface area contributed by atoms with Crippen molar-refractivity contribution in [3.05, 3.63) is 47.5 Å². The molecule has 1 N–H and O–H groups in total. The Hall–Kier alpha value is -3.22. The molecule has 2 aromatic carbocycles. The van der Waals surface area contributed by atoms with Gasteiger partial charge < -0.3 is 18.9 Å². The van der Waals surface area contributed by atoms with Gasteiger partial charge >= 0.3 is 0 Å². The number of nitrogens with one attached hydrogen (secondary N) is 1. The van der Waals surface area contributed by atoms with Crippen LogP contribution in [0.2, 0.25) is 0 Å². The molecule has 34 heavy (non-hydrogen) atoms. The van der Waals surface area contributed by atoms with Gasteiger partial charge in [-0.25, -0.2) is 0 Å². The second kappa shape index (κ2) is 9.57. The molecule has 1 saturated heterocycles. The first kappa shape index (κ1) is 25.4. The highest BCUT2D eigenvalue weighted by Crippen LogP contribution is 2.55. The molecule has 7 nitrogen and oxygen atoms in total.